The molecule has 8 aromatic carbocycles. The third kappa shape index (κ3) is 3.53. The van der Waals surface area contributed by atoms with Crippen molar-refractivity contribution < 1.29 is 4.42 Å². The zero-order valence-electron chi connectivity index (χ0n) is 24.9. The minimum Gasteiger partial charge on any atom is -0.455 e. The summed E-state index contributed by atoms with van der Waals surface area (Å²) in [7, 11) is 0. The Morgan fingerprint density at radius 1 is 0.413 bits per heavy atom. The van der Waals surface area contributed by atoms with Gasteiger partial charge in [0, 0.05) is 38.4 Å². The minimum atomic E-state index is 0.900. The molecule has 214 valence electrons. The van der Waals surface area contributed by atoms with Gasteiger partial charge in [0.2, 0.25) is 0 Å². The lowest BCUT2D eigenvalue weighted by molar-refractivity contribution is 0.670. The molecule has 0 radical (unpaired) electrons. The first-order valence-electron chi connectivity index (χ1n) is 15.8. The van der Waals surface area contributed by atoms with E-state index in [2.05, 4.69) is 168 Å². The molecule has 0 bridgehead atoms. The van der Waals surface area contributed by atoms with Crippen LogP contribution < -0.4 is 0 Å². The first-order chi connectivity index (χ1) is 22.8. The highest BCUT2D eigenvalue weighted by atomic mass is 16.3. The zero-order valence-corrected chi connectivity index (χ0v) is 24.9. The molecule has 0 spiro atoms. The number of fused-ring (bicyclic) bond motifs is 8. The van der Waals surface area contributed by atoms with Gasteiger partial charge in [-0.15, -0.1) is 0 Å². The molecule has 0 unspecified atom stereocenters. The Bertz CT molecular complexity index is 2790. The number of hydrogen-bond acceptors (Lipinski definition) is 1. The molecule has 0 N–H and O–H groups in total. The van der Waals surface area contributed by atoms with Crippen LogP contribution in [0.5, 0.6) is 0 Å². The summed E-state index contributed by atoms with van der Waals surface area (Å²) < 4.78 is 9.26. The van der Waals surface area contributed by atoms with E-state index in [0.717, 1.165) is 38.8 Å². The Labute approximate surface area is 265 Å². The standard InChI is InChI=1S/C44H27NO/c1-2-15-30(16-3-1)45-38-23-10-8-18-32(38)37-27-29(25-26-39(37)45)41-34-19-6-7-20-35(34)42(33-22-12-14-28-13-4-5-17-31(28)33)43-36-21-9-11-24-40(36)46-44(41)43/h1-27H. The number of rotatable bonds is 3. The number of nitrogens with zero attached hydrogens (tertiary/aromatic N) is 1. The maximum Gasteiger partial charge on any atom is 0.144 e. The Balaban J connectivity index is 1.36. The van der Waals surface area contributed by atoms with Crippen molar-refractivity contribution in [3.05, 3.63) is 164 Å². The molecule has 10 rings (SSSR count). The van der Waals surface area contributed by atoms with E-state index in [1.165, 1.54) is 54.5 Å². The monoisotopic (exact) mass is 585 g/mol. The number of para-hydroxylation sites is 3. The fourth-order valence-electron chi connectivity index (χ4n) is 7.64. The molecule has 0 fully saturated rings. The van der Waals surface area contributed by atoms with Crippen LogP contribution in [0.4, 0.5) is 0 Å². The third-order valence-electron chi connectivity index (χ3n) is 9.57. The van der Waals surface area contributed by atoms with Crippen LogP contribution in [-0.2, 0) is 0 Å². The largest absolute Gasteiger partial charge is 0.455 e. The lowest BCUT2D eigenvalue weighted by Gasteiger charge is -2.16. The second kappa shape index (κ2) is 9.69. The molecule has 0 aliphatic heterocycles. The second-order valence-electron chi connectivity index (χ2n) is 12.0. The molecule has 0 saturated carbocycles. The van der Waals surface area contributed by atoms with Crippen molar-refractivity contribution in [2.45, 2.75) is 0 Å². The van der Waals surface area contributed by atoms with Gasteiger partial charge in [-0.2, -0.15) is 0 Å². The van der Waals surface area contributed by atoms with Crippen LogP contribution >= 0.6 is 0 Å². The number of benzene rings is 8. The smallest absolute Gasteiger partial charge is 0.144 e. The molecule has 2 heteroatoms. The van der Waals surface area contributed by atoms with E-state index < -0.39 is 0 Å². The van der Waals surface area contributed by atoms with Gasteiger partial charge in [-0.05, 0) is 69.1 Å². The van der Waals surface area contributed by atoms with Gasteiger partial charge in [-0.25, -0.2) is 0 Å². The molecule has 0 aliphatic rings. The number of furan rings is 1. The van der Waals surface area contributed by atoms with Crippen LogP contribution in [0.25, 0.3) is 93.2 Å². The van der Waals surface area contributed by atoms with Gasteiger partial charge in [0.1, 0.15) is 11.2 Å². The van der Waals surface area contributed by atoms with Crippen LogP contribution in [0.3, 0.4) is 0 Å². The van der Waals surface area contributed by atoms with Crippen LogP contribution in [0.1, 0.15) is 0 Å². The van der Waals surface area contributed by atoms with E-state index in [1.54, 1.807) is 0 Å². The zero-order chi connectivity index (χ0) is 30.2. The highest BCUT2D eigenvalue weighted by molar-refractivity contribution is 6.28. The minimum absolute atomic E-state index is 0.900. The average Bonchev–Trinajstić information content (AvgIpc) is 3.66. The average molecular weight is 586 g/mol. The Morgan fingerprint density at radius 3 is 1.89 bits per heavy atom. The van der Waals surface area contributed by atoms with Crippen LogP contribution in [-0.4, -0.2) is 4.57 Å². The first-order valence-corrected chi connectivity index (χ1v) is 15.8. The highest BCUT2D eigenvalue weighted by Gasteiger charge is 2.23. The van der Waals surface area contributed by atoms with Gasteiger partial charge in [0.15, 0.2) is 0 Å². The van der Waals surface area contributed by atoms with Crippen molar-refractivity contribution in [3.63, 3.8) is 0 Å². The van der Waals surface area contributed by atoms with Crippen LogP contribution in [0.15, 0.2) is 168 Å². The van der Waals surface area contributed by atoms with Crippen molar-refractivity contribution in [1.82, 2.24) is 4.57 Å². The summed E-state index contributed by atoms with van der Waals surface area (Å²) in [6.45, 7) is 0. The van der Waals surface area contributed by atoms with Crippen molar-refractivity contribution >= 4 is 65.3 Å². The van der Waals surface area contributed by atoms with E-state index in [4.69, 9.17) is 4.42 Å². The van der Waals surface area contributed by atoms with E-state index in [1.807, 2.05) is 0 Å². The van der Waals surface area contributed by atoms with E-state index in [0.29, 0.717) is 0 Å². The normalized spacial score (nSPS) is 11.9. The van der Waals surface area contributed by atoms with E-state index in [9.17, 15) is 0 Å². The fraction of sp³-hybridized carbons (Fsp3) is 0. The van der Waals surface area contributed by atoms with Gasteiger partial charge in [-0.1, -0.05) is 127 Å². The molecule has 2 nitrogen and oxygen atoms in total. The number of aromatic nitrogens is 1. The van der Waals surface area contributed by atoms with Crippen LogP contribution in [0, 0.1) is 0 Å². The van der Waals surface area contributed by atoms with E-state index >= 15 is 0 Å². The van der Waals surface area contributed by atoms with Crippen LogP contribution in [0.2, 0.25) is 0 Å². The van der Waals surface area contributed by atoms with Gasteiger partial charge < -0.3 is 8.98 Å². The summed E-state index contributed by atoms with van der Waals surface area (Å²) in [6, 6.07) is 58.9. The number of hydrogen-bond donors (Lipinski definition) is 0. The van der Waals surface area contributed by atoms with Gasteiger partial charge in [0.05, 0.1) is 11.0 Å². The Kier molecular flexibility index (Phi) is 5.31. The molecule has 2 aromatic heterocycles. The highest BCUT2D eigenvalue weighted by Crippen LogP contribution is 2.49. The van der Waals surface area contributed by atoms with Gasteiger partial charge in [0.25, 0.3) is 0 Å². The Morgan fingerprint density at radius 2 is 1.04 bits per heavy atom. The molecule has 0 atom stereocenters. The summed E-state index contributed by atoms with van der Waals surface area (Å²) in [4.78, 5) is 0. The predicted octanol–water partition coefficient (Wildman–Crippen LogP) is 12.3. The van der Waals surface area contributed by atoms with Crippen molar-refractivity contribution in [1.29, 1.82) is 0 Å². The summed E-state index contributed by atoms with van der Waals surface area (Å²) in [5.41, 5.74) is 10.1. The van der Waals surface area contributed by atoms with Gasteiger partial charge >= 0.3 is 0 Å². The third-order valence-corrected chi connectivity index (χ3v) is 9.57. The molecular weight excluding hydrogens is 558 g/mol. The van der Waals surface area contributed by atoms with Crippen molar-refractivity contribution in [3.8, 4) is 27.9 Å². The topological polar surface area (TPSA) is 18.1 Å². The molecular formula is C44H27NO. The summed E-state index contributed by atoms with van der Waals surface area (Å²) in [6.07, 6.45) is 0. The molecule has 0 amide bonds. The van der Waals surface area contributed by atoms with Crippen molar-refractivity contribution in [2.24, 2.45) is 0 Å². The molecule has 0 aliphatic carbocycles. The Hall–Kier alpha value is -6.12. The predicted molar refractivity (Wildman–Crippen MR) is 194 cm³/mol. The summed E-state index contributed by atoms with van der Waals surface area (Å²) in [5, 5.41) is 9.63. The first kappa shape index (κ1) is 25.2. The van der Waals surface area contributed by atoms with Gasteiger partial charge in [-0.3, -0.25) is 0 Å². The SMILES string of the molecule is c1ccc(-n2c3ccccc3c3cc(-c4c5ccccc5c(-c5cccc6ccccc56)c5c4oc4ccccc45)ccc32)cc1. The maximum atomic E-state index is 6.89. The molecule has 2 heterocycles. The second-order valence-corrected chi connectivity index (χ2v) is 12.0. The quantitative estimate of drug-likeness (QED) is 0.202. The molecule has 10 aromatic rings. The summed E-state index contributed by atoms with van der Waals surface area (Å²) >= 11 is 0. The molecule has 46 heavy (non-hydrogen) atoms. The fourth-order valence-corrected chi connectivity index (χ4v) is 7.64. The lowest BCUT2D eigenvalue weighted by atomic mass is 9.86. The lowest BCUT2D eigenvalue weighted by Crippen LogP contribution is -1.93. The summed E-state index contributed by atoms with van der Waals surface area (Å²) in [5.74, 6) is 0. The van der Waals surface area contributed by atoms with Crippen molar-refractivity contribution in [2.75, 3.05) is 0 Å². The molecule has 0 saturated heterocycles. The van der Waals surface area contributed by atoms with E-state index in [-0.39, 0.29) is 0 Å². The maximum absolute atomic E-state index is 6.89.